The zero-order valence-corrected chi connectivity index (χ0v) is 17.1. The van der Waals surface area contributed by atoms with Gasteiger partial charge in [-0.25, -0.2) is 0 Å². The van der Waals surface area contributed by atoms with Gasteiger partial charge in [0.15, 0.2) is 0 Å². The van der Waals surface area contributed by atoms with Crippen molar-refractivity contribution in [2.24, 2.45) is 4.99 Å². The Morgan fingerprint density at radius 2 is 1.93 bits per heavy atom. The highest BCUT2D eigenvalue weighted by Crippen LogP contribution is 2.33. The predicted octanol–water partition coefficient (Wildman–Crippen LogP) is 3.66. The number of phenolic OH excluding ortho intramolecular Hbond substituents is 1. The lowest BCUT2D eigenvalue weighted by Gasteiger charge is -2.22. The lowest BCUT2D eigenvalue weighted by Crippen LogP contribution is -3.12. The molecule has 0 aromatic heterocycles. The number of aromatic hydroxyl groups is 1. The summed E-state index contributed by atoms with van der Waals surface area (Å²) < 4.78 is 0. The number of aryl methyl sites for hydroxylation is 1. The smallest absolute Gasteiger partial charge is 0.128 e. The van der Waals surface area contributed by atoms with Crippen molar-refractivity contribution in [1.82, 2.24) is 0 Å². The van der Waals surface area contributed by atoms with E-state index in [2.05, 4.69) is 64.1 Å². The Morgan fingerprint density at radius 1 is 1.19 bits per heavy atom. The summed E-state index contributed by atoms with van der Waals surface area (Å²) in [6.07, 6.45) is 4.37. The number of nitrogens with one attached hydrogen (secondary N) is 1. The van der Waals surface area contributed by atoms with Crippen molar-refractivity contribution in [2.45, 2.75) is 58.5 Å². The van der Waals surface area contributed by atoms with Gasteiger partial charge in [-0.2, -0.15) is 0 Å². The molecule has 1 unspecified atom stereocenters. The monoisotopic (exact) mass is 365 g/mol. The summed E-state index contributed by atoms with van der Waals surface area (Å²) >= 11 is 0. The molecule has 1 fully saturated rings. The molecule has 3 nitrogen and oxygen atoms in total. The van der Waals surface area contributed by atoms with Crippen LogP contribution in [-0.4, -0.2) is 30.5 Å². The summed E-state index contributed by atoms with van der Waals surface area (Å²) in [7, 11) is 0. The Balaban J connectivity index is 1.69. The second kappa shape index (κ2) is 8.26. The molecule has 1 aliphatic heterocycles. The van der Waals surface area contributed by atoms with Crippen molar-refractivity contribution in [1.29, 1.82) is 0 Å². The van der Waals surface area contributed by atoms with E-state index in [-0.39, 0.29) is 5.41 Å². The van der Waals surface area contributed by atoms with Gasteiger partial charge < -0.3 is 10.0 Å². The molecule has 3 rings (SSSR count). The van der Waals surface area contributed by atoms with Gasteiger partial charge in [0.05, 0.1) is 13.1 Å². The van der Waals surface area contributed by atoms with Gasteiger partial charge in [0.1, 0.15) is 18.3 Å². The molecule has 1 heterocycles. The van der Waals surface area contributed by atoms with Gasteiger partial charge in [0.2, 0.25) is 0 Å². The molecular weight excluding hydrogens is 332 g/mol. The Bertz CT molecular complexity index is 790. The average Bonchev–Trinajstić information content (AvgIpc) is 3.04. The number of hydrogen-bond donors (Lipinski definition) is 2. The van der Waals surface area contributed by atoms with Crippen molar-refractivity contribution >= 4 is 6.21 Å². The molecule has 2 aromatic carbocycles. The van der Waals surface area contributed by atoms with E-state index in [0.29, 0.717) is 11.8 Å². The second-order valence-corrected chi connectivity index (χ2v) is 8.90. The van der Waals surface area contributed by atoms with Crippen molar-refractivity contribution < 1.29 is 10.0 Å². The highest BCUT2D eigenvalue weighted by atomic mass is 16.3. The third-order valence-electron chi connectivity index (χ3n) is 5.55. The van der Waals surface area contributed by atoms with Crippen molar-refractivity contribution in [3.05, 3.63) is 64.7 Å². The minimum Gasteiger partial charge on any atom is -0.507 e. The van der Waals surface area contributed by atoms with Crippen LogP contribution in [-0.2, 0) is 12.0 Å². The van der Waals surface area contributed by atoms with Crippen molar-refractivity contribution in [2.75, 3.05) is 13.1 Å². The van der Waals surface area contributed by atoms with Crippen LogP contribution < -0.4 is 4.90 Å². The van der Waals surface area contributed by atoms with Gasteiger partial charge in [-0.05, 0) is 24.0 Å². The lowest BCUT2D eigenvalue weighted by molar-refractivity contribution is -0.924. The maximum Gasteiger partial charge on any atom is 0.128 e. The second-order valence-electron chi connectivity index (χ2n) is 8.90. The van der Waals surface area contributed by atoms with Crippen LogP contribution in [0.5, 0.6) is 5.75 Å². The van der Waals surface area contributed by atoms with E-state index in [0.717, 1.165) is 29.8 Å². The minimum atomic E-state index is -0.0826. The molecule has 0 aliphatic carbocycles. The van der Waals surface area contributed by atoms with Gasteiger partial charge >= 0.3 is 0 Å². The number of aliphatic imine (C=N–C) groups is 1. The van der Waals surface area contributed by atoms with Gasteiger partial charge in [-0.1, -0.05) is 57.2 Å². The Morgan fingerprint density at radius 3 is 2.63 bits per heavy atom. The van der Waals surface area contributed by atoms with Crippen LogP contribution in [0, 0.1) is 6.92 Å². The number of rotatable bonds is 5. The molecule has 2 aromatic rings. The molecule has 0 saturated carbocycles. The van der Waals surface area contributed by atoms with Crippen LogP contribution in [0.25, 0.3) is 0 Å². The zero-order valence-electron chi connectivity index (χ0n) is 17.1. The molecule has 0 radical (unpaired) electrons. The van der Waals surface area contributed by atoms with Crippen molar-refractivity contribution in [3.8, 4) is 5.75 Å². The van der Waals surface area contributed by atoms with Crippen LogP contribution in [0.15, 0.2) is 47.5 Å². The van der Waals surface area contributed by atoms with E-state index in [1.165, 1.54) is 24.9 Å². The number of phenols is 1. The van der Waals surface area contributed by atoms with E-state index in [9.17, 15) is 5.11 Å². The first-order valence-corrected chi connectivity index (χ1v) is 10.1. The molecule has 144 valence electrons. The summed E-state index contributed by atoms with van der Waals surface area (Å²) in [6.45, 7) is 11.6. The maximum absolute atomic E-state index is 10.7. The zero-order chi connectivity index (χ0) is 19.4. The van der Waals surface area contributed by atoms with Gasteiger partial charge in [-0.15, -0.1) is 0 Å². The quantitative estimate of drug-likeness (QED) is 0.780. The van der Waals surface area contributed by atoms with Gasteiger partial charge in [0.25, 0.3) is 0 Å². The molecule has 0 spiro atoms. The highest BCUT2D eigenvalue weighted by molar-refractivity contribution is 5.84. The lowest BCUT2D eigenvalue weighted by atomic mass is 9.84. The minimum absolute atomic E-state index is 0.0826. The van der Waals surface area contributed by atoms with Crippen LogP contribution >= 0.6 is 0 Å². The number of benzene rings is 2. The van der Waals surface area contributed by atoms with Crippen LogP contribution in [0.1, 0.15) is 55.9 Å². The largest absolute Gasteiger partial charge is 0.507 e. The molecule has 27 heavy (non-hydrogen) atoms. The van der Waals surface area contributed by atoms with Crippen LogP contribution in [0.2, 0.25) is 0 Å². The first kappa shape index (κ1) is 19.6. The Labute approximate surface area is 163 Å². The predicted molar refractivity (Wildman–Crippen MR) is 113 cm³/mol. The van der Waals surface area contributed by atoms with E-state index in [1.807, 2.05) is 12.3 Å². The van der Waals surface area contributed by atoms with Gasteiger partial charge in [0, 0.05) is 35.7 Å². The molecule has 0 bridgehead atoms. The highest BCUT2D eigenvalue weighted by Gasteiger charge is 2.28. The van der Waals surface area contributed by atoms with E-state index < -0.39 is 0 Å². The van der Waals surface area contributed by atoms with E-state index in [1.54, 1.807) is 4.90 Å². The third-order valence-corrected chi connectivity index (χ3v) is 5.55. The summed E-state index contributed by atoms with van der Waals surface area (Å²) in [6, 6.07) is 15.4. The fraction of sp³-hybridized carbons (Fsp3) is 0.458. The summed E-state index contributed by atoms with van der Waals surface area (Å²) in [5.41, 5.74) is 4.30. The van der Waals surface area contributed by atoms with Gasteiger partial charge in [-0.3, -0.25) is 4.99 Å². The topological polar surface area (TPSA) is 37.0 Å². The number of quaternary nitrogens is 1. The summed E-state index contributed by atoms with van der Waals surface area (Å²) in [5.74, 6) is 0.372. The first-order chi connectivity index (χ1) is 12.8. The standard InChI is InChI=1S/C24H32N2O/c1-18-13-20(23(27)22(14-18)24(2,3)4)15-25-16-21-11-8-12-26(21)17-19-9-6-5-7-10-19/h5-7,9-10,13-15,21,27H,8,11-12,16-17H2,1-4H3/p+1/t21-/m0/s1. The summed E-state index contributed by atoms with van der Waals surface area (Å²) in [4.78, 5) is 6.36. The molecule has 1 aliphatic rings. The molecule has 0 amide bonds. The molecular formula is C24H33N2O+. The fourth-order valence-corrected chi connectivity index (χ4v) is 4.05. The molecule has 3 heteroatoms. The third kappa shape index (κ3) is 4.98. The number of nitrogens with zero attached hydrogens (tertiary/aromatic N) is 1. The number of hydrogen-bond acceptors (Lipinski definition) is 2. The molecule has 2 N–H and O–H groups in total. The Hall–Kier alpha value is -2.13. The Kier molecular flexibility index (Phi) is 6.01. The normalized spacial score (nSPS) is 20.4. The fourth-order valence-electron chi connectivity index (χ4n) is 4.05. The molecule has 2 atom stereocenters. The molecule has 1 saturated heterocycles. The first-order valence-electron chi connectivity index (χ1n) is 10.1. The van der Waals surface area contributed by atoms with E-state index >= 15 is 0 Å². The van der Waals surface area contributed by atoms with Crippen LogP contribution in [0.4, 0.5) is 0 Å². The van der Waals surface area contributed by atoms with E-state index in [4.69, 9.17) is 4.99 Å². The summed E-state index contributed by atoms with van der Waals surface area (Å²) in [5, 5.41) is 10.7. The SMILES string of the molecule is Cc1cc(C=NC[C@@H]2CCC[NH+]2Cc2ccccc2)c(O)c(C(C)(C)C)c1. The van der Waals surface area contributed by atoms with Crippen LogP contribution in [0.3, 0.4) is 0 Å². The van der Waals surface area contributed by atoms with Crippen molar-refractivity contribution in [3.63, 3.8) is 0 Å². The average molecular weight is 366 g/mol. The number of likely N-dealkylation sites (tertiary alicyclic amines) is 1. The maximum atomic E-state index is 10.7.